The Morgan fingerprint density at radius 1 is 1.12 bits per heavy atom. The Bertz CT molecular complexity index is 201. The lowest BCUT2D eigenvalue weighted by atomic mass is 9.91. The summed E-state index contributed by atoms with van der Waals surface area (Å²) in [6, 6.07) is 2.19. The normalized spacial score (nSPS) is 28.6. The van der Waals surface area contributed by atoms with Crippen molar-refractivity contribution < 1.29 is 0 Å². The first-order valence-electron chi connectivity index (χ1n) is 7.66. The Morgan fingerprint density at radius 2 is 1.76 bits per heavy atom. The summed E-state index contributed by atoms with van der Waals surface area (Å²) in [4.78, 5) is 2.78. The van der Waals surface area contributed by atoms with Gasteiger partial charge in [0.15, 0.2) is 0 Å². The molecular weight excluding hydrogens is 208 g/mol. The molecular formula is C15H32N2. The molecule has 2 nitrogen and oxygen atoms in total. The summed E-state index contributed by atoms with van der Waals surface area (Å²) >= 11 is 0. The Kier molecular flexibility index (Phi) is 6.50. The van der Waals surface area contributed by atoms with Crippen molar-refractivity contribution in [3.63, 3.8) is 0 Å². The van der Waals surface area contributed by atoms with Crippen molar-refractivity contribution in [2.24, 2.45) is 5.92 Å². The molecule has 0 amide bonds. The van der Waals surface area contributed by atoms with Crippen LogP contribution in [-0.2, 0) is 0 Å². The van der Waals surface area contributed by atoms with Crippen LogP contribution in [0.2, 0.25) is 0 Å². The average Bonchev–Trinajstić information content (AvgIpc) is 2.39. The number of nitrogens with one attached hydrogen (secondary N) is 1. The summed E-state index contributed by atoms with van der Waals surface area (Å²) in [5, 5.41) is 3.69. The summed E-state index contributed by atoms with van der Waals surface area (Å²) < 4.78 is 0. The van der Waals surface area contributed by atoms with Crippen molar-refractivity contribution in [1.82, 2.24) is 10.2 Å². The van der Waals surface area contributed by atoms with Crippen molar-refractivity contribution >= 4 is 0 Å². The van der Waals surface area contributed by atoms with Crippen LogP contribution in [0.5, 0.6) is 0 Å². The van der Waals surface area contributed by atoms with Crippen molar-refractivity contribution in [3.8, 4) is 0 Å². The maximum atomic E-state index is 3.69. The third kappa shape index (κ3) is 3.69. The SMILES string of the molecule is CCC1CN(C(C)C(CC)CC)C(CC)CN1. The summed E-state index contributed by atoms with van der Waals surface area (Å²) in [6.07, 6.45) is 5.15. The number of rotatable bonds is 6. The number of hydrogen-bond acceptors (Lipinski definition) is 2. The summed E-state index contributed by atoms with van der Waals surface area (Å²) in [5.41, 5.74) is 0. The van der Waals surface area contributed by atoms with E-state index in [2.05, 4.69) is 44.8 Å². The molecule has 1 N–H and O–H groups in total. The molecule has 0 aliphatic carbocycles. The van der Waals surface area contributed by atoms with E-state index in [0.717, 1.165) is 18.0 Å². The molecule has 0 aromatic rings. The lowest BCUT2D eigenvalue weighted by molar-refractivity contribution is 0.0542. The maximum absolute atomic E-state index is 3.69. The van der Waals surface area contributed by atoms with E-state index in [9.17, 15) is 0 Å². The van der Waals surface area contributed by atoms with Gasteiger partial charge in [-0.1, -0.05) is 40.5 Å². The Balaban J connectivity index is 2.67. The molecule has 3 atom stereocenters. The first-order valence-corrected chi connectivity index (χ1v) is 7.66. The van der Waals surface area contributed by atoms with Crippen LogP contribution in [0.4, 0.5) is 0 Å². The van der Waals surface area contributed by atoms with Crippen molar-refractivity contribution in [1.29, 1.82) is 0 Å². The van der Waals surface area contributed by atoms with Crippen molar-refractivity contribution in [2.75, 3.05) is 13.1 Å². The van der Waals surface area contributed by atoms with Crippen LogP contribution in [-0.4, -0.2) is 36.1 Å². The lowest BCUT2D eigenvalue weighted by Crippen LogP contribution is -2.59. The molecule has 1 rings (SSSR count). The summed E-state index contributed by atoms with van der Waals surface area (Å²) in [5.74, 6) is 0.861. The predicted molar refractivity (Wildman–Crippen MR) is 76.4 cm³/mol. The van der Waals surface area contributed by atoms with Gasteiger partial charge in [-0.25, -0.2) is 0 Å². The van der Waals surface area contributed by atoms with Crippen LogP contribution in [0.25, 0.3) is 0 Å². The van der Waals surface area contributed by atoms with Crippen LogP contribution >= 0.6 is 0 Å². The second-order valence-electron chi connectivity index (χ2n) is 5.59. The second-order valence-corrected chi connectivity index (χ2v) is 5.59. The lowest BCUT2D eigenvalue weighted by Gasteiger charge is -2.45. The third-order valence-electron chi connectivity index (χ3n) is 4.76. The molecule has 1 saturated heterocycles. The fraction of sp³-hybridized carbons (Fsp3) is 1.00. The fourth-order valence-corrected chi connectivity index (χ4v) is 3.28. The first kappa shape index (κ1) is 15.0. The molecule has 17 heavy (non-hydrogen) atoms. The molecule has 3 unspecified atom stereocenters. The van der Waals surface area contributed by atoms with E-state index in [4.69, 9.17) is 0 Å². The molecule has 1 heterocycles. The van der Waals surface area contributed by atoms with E-state index >= 15 is 0 Å². The molecule has 1 aliphatic rings. The highest BCUT2D eigenvalue weighted by molar-refractivity contribution is 4.89. The van der Waals surface area contributed by atoms with E-state index in [1.54, 1.807) is 0 Å². The largest absolute Gasteiger partial charge is 0.311 e. The first-order chi connectivity index (χ1) is 8.17. The van der Waals surface area contributed by atoms with Crippen LogP contribution in [0.1, 0.15) is 60.3 Å². The van der Waals surface area contributed by atoms with Crippen molar-refractivity contribution in [3.05, 3.63) is 0 Å². The van der Waals surface area contributed by atoms with E-state index in [-0.39, 0.29) is 0 Å². The highest BCUT2D eigenvalue weighted by Gasteiger charge is 2.31. The van der Waals surface area contributed by atoms with Gasteiger partial charge in [-0.15, -0.1) is 0 Å². The highest BCUT2D eigenvalue weighted by atomic mass is 15.3. The van der Waals surface area contributed by atoms with Gasteiger partial charge in [-0.05, 0) is 25.7 Å². The minimum absolute atomic E-state index is 0.703. The fourth-order valence-electron chi connectivity index (χ4n) is 3.28. The molecule has 102 valence electrons. The Morgan fingerprint density at radius 3 is 2.24 bits per heavy atom. The van der Waals surface area contributed by atoms with Crippen molar-refractivity contribution in [2.45, 2.75) is 78.4 Å². The molecule has 0 radical (unpaired) electrons. The number of piperazine rings is 1. The zero-order chi connectivity index (χ0) is 12.8. The van der Waals surface area contributed by atoms with Crippen LogP contribution < -0.4 is 5.32 Å². The molecule has 0 bridgehead atoms. The van der Waals surface area contributed by atoms with E-state index in [1.165, 1.54) is 38.8 Å². The van der Waals surface area contributed by atoms with Gasteiger partial charge in [0.25, 0.3) is 0 Å². The van der Waals surface area contributed by atoms with Gasteiger partial charge in [0, 0.05) is 31.2 Å². The van der Waals surface area contributed by atoms with Gasteiger partial charge >= 0.3 is 0 Å². The zero-order valence-corrected chi connectivity index (χ0v) is 12.5. The van der Waals surface area contributed by atoms with Gasteiger partial charge in [-0.2, -0.15) is 0 Å². The number of hydrogen-bond donors (Lipinski definition) is 1. The summed E-state index contributed by atoms with van der Waals surface area (Å²) in [7, 11) is 0. The topological polar surface area (TPSA) is 15.3 Å². The minimum Gasteiger partial charge on any atom is -0.311 e. The molecule has 1 aliphatic heterocycles. The Hall–Kier alpha value is -0.0800. The third-order valence-corrected chi connectivity index (χ3v) is 4.76. The van der Waals surface area contributed by atoms with Gasteiger partial charge in [0.2, 0.25) is 0 Å². The smallest absolute Gasteiger partial charge is 0.0221 e. The molecule has 2 heteroatoms. The standard InChI is InChI=1S/C15H32N2/c1-6-13(7-2)12(5)17-11-14(8-3)16-10-15(17)9-4/h12-16H,6-11H2,1-5H3. The van der Waals surface area contributed by atoms with E-state index in [1.807, 2.05) is 0 Å². The predicted octanol–water partition coefficient (Wildman–Crippen LogP) is 3.27. The molecule has 0 aromatic carbocycles. The monoisotopic (exact) mass is 240 g/mol. The zero-order valence-electron chi connectivity index (χ0n) is 12.5. The molecule has 1 fully saturated rings. The second kappa shape index (κ2) is 7.38. The van der Waals surface area contributed by atoms with Crippen LogP contribution in [0.3, 0.4) is 0 Å². The van der Waals surface area contributed by atoms with Gasteiger partial charge in [0.1, 0.15) is 0 Å². The Labute approximate surface area is 108 Å². The average molecular weight is 240 g/mol. The maximum Gasteiger partial charge on any atom is 0.0221 e. The van der Waals surface area contributed by atoms with Gasteiger partial charge in [-0.3, -0.25) is 4.90 Å². The van der Waals surface area contributed by atoms with Crippen LogP contribution in [0.15, 0.2) is 0 Å². The van der Waals surface area contributed by atoms with E-state index in [0.29, 0.717) is 6.04 Å². The van der Waals surface area contributed by atoms with Crippen LogP contribution in [0, 0.1) is 5.92 Å². The quantitative estimate of drug-likeness (QED) is 0.766. The summed E-state index contributed by atoms with van der Waals surface area (Å²) in [6.45, 7) is 14.2. The molecule has 0 saturated carbocycles. The van der Waals surface area contributed by atoms with E-state index < -0.39 is 0 Å². The molecule has 0 spiro atoms. The van der Waals surface area contributed by atoms with Gasteiger partial charge in [0.05, 0.1) is 0 Å². The highest BCUT2D eigenvalue weighted by Crippen LogP contribution is 2.24. The molecule has 0 aromatic heterocycles. The van der Waals surface area contributed by atoms with Gasteiger partial charge < -0.3 is 5.32 Å². The number of nitrogens with zero attached hydrogens (tertiary/aromatic N) is 1. The minimum atomic E-state index is 0.703.